The van der Waals surface area contributed by atoms with Gasteiger partial charge in [0.2, 0.25) is 0 Å². The third-order valence-electron chi connectivity index (χ3n) is 2.58. The van der Waals surface area contributed by atoms with Gasteiger partial charge in [0.25, 0.3) is 0 Å². The zero-order valence-corrected chi connectivity index (χ0v) is 12.1. The van der Waals surface area contributed by atoms with E-state index in [1.54, 1.807) is 18.2 Å². The van der Waals surface area contributed by atoms with Crippen LogP contribution in [-0.2, 0) is 15.6 Å². The zero-order chi connectivity index (χ0) is 14.0. The maximum absolute atomic E-state index is 12.2. The zero-order valence-electron chi connectivity index (χ0n) is 9.77. The summed E-state index contributed by atoms with van der Waals surface area (Å²) in [6.45, 7) is 3.60. The van der Waals surface area contributed by atoms with E-state index in [9.17, 15) is 8.42 Å². The van der Waals surface area contributed by atoms with Crippen LogP contribution in [0.5, 0.6) is 0 Å². The maximum Gasteiger partial charge on any atom is 0.182 e. The van der Waals surface area contributed by atoms with Crippen molar-refractivity contribution >= 4 is 37.9 Å². The van der Waals surface area contributed by atoms with Crippen molar-refractivity contribution in [3.05, 3.63) is 64.5 Å². The van der Waals surface area contributed by atoms with Gasteiger partial charge in [-0.25, -0.2) is 8.42 Å². The number of halogens is 2. The first-order valence-electron chi connectivity index (χ1n) is 5.28. The van der Waals surface area contributed by atoms with Crippen LogP contribution in [0.1, 0.15) is 11.1 Å². The largest absolute Gasteiger partial charge is 0.472 e. The standard InChI is InChI=1S/C13H10Cl2O3S/c1-9(10-4-5-18-7-10)19(16,17)8-11-2-3-12(14)6-13(11)15/h2-7H,1,8H2. The van der Waals surface area contributed by atoms with E-state index in [0.717, 1.165) is 0 Å². The highest BCUT2D eigenvalue weighted by Crippen LogP contribution is 2.27. The molecule has 19 heavy (non-hydrogen) atoms. The average Bonchev–Trinajstić information content (AvgIpc) is 2.85. The molecule has 2 aromatic rings. The topological polar surface area (TPSA) is 47.3 Å². The van der Waals surface area contributed by atoms with Crippen LogP contribution < -0.4 is 0 Å². The first-order valence-corrected chi connectivity index (χ1v) is 7.69. The van der Waals surface area contributed by atoms with Crippen LogP contribution >= 0.6 is 23.2 Å². The molecule has 0 fully saturated rings. The SMILES string of the molecule is C=C(c1ccoc1)S(=O)(=O)Cc1ccc(Cl)cc1Cl. The summed E-state index contributed by atoms with van der Waals surface area (Å²) in [5, 5.41) is 0.774. The van der Waals surface area contributed by atoms with E-state index in [0.29, 0.717) is 21.2 Å². The second kappa shape index (κ2) is 5.41. The molecule has 0 atom stereocenters. The van der Waals surface area contributed by atoms with Crippen molar-refractivity contribution < 1.29 is 12.8 Å². The molecule has 0 bridgehead atoms. The second-order valence-corrected chi connectivity index (χ2v) is 6.78. The van der Waals surface area contributed by atoms with Crippen molar-refractivity contribution in [1.29, 1.82) is 0 Å². The fraction of sp³-hybridized carbons (Fsp3) is 0.0769. The molecular weight excluding hydrogens is 307 g/mol. The highest BCUT2D eigenvalue weighted by atomic mass is 35.5. The Morgan fingerprint density at radius 1 is 1.26 bits per heavy atom. The van der Waals surface area contributed by atoms with Crippen LogP contribution in [0.2, 0.25) is 10.0 Å². The molecule has 1 heterocycles. The number of hydrogen-bond acceptors (Lipinski definition) is 3. The minimum atomic E-state index is -3.55. The Bertz CT molecular complexity index is 703. The molecule has 0 saturated heterocycles. The summed E-state index contributed by atoms with van der Waals surface area (Å²) in [6, 6.07) is 6.24. The average molecular weight is 317 g/mol. The van der Waals surface area contributed by atoms with E-state index in [1.165, 1.54) is 18.6 Å². The molecule has 0 spiro atoms. The Labute approximate surface area is 121 Å². The highest BCUT2D eigenvalue weighted by Gasteiger charge is 2.20. The predicted molar refractivity (Wildman–Crippen MR) is 76.8 cm³/mol. The van der Waals surface area contributed by atoms with Crippen LogP contribution in [0.15, 0.2) is 47.8 Å². The van der Waals surface area contributed by atoms with E-state index >= 15 is 0 Å². The molecule has 6 heteroatoms. The summed E-state index contributed by atoms with van der Waals surface area (Å²) in [4.78, 5) is 0.00673. The van der Waals surface area contributed by atoms with Gasteiger partial charge in [-0.2, -0.15) is 0 Å². The molecule has 0 N–H and O–H groups in total. The molecule has 100 valence electrons. The van der Waals surface area contributed by atoms with E-state index in [-0.39, 0.29) is 10.7 Å². The molecule has 0 aliphatic heterocycles. The van der Waals surface area contributed by atoms with Crippen molar-refractivity contribution in [1.82, 2.24) is 0 Å². The van der Waals surface area contributed by atoms with Crippen LogP contribution in [0, 0.1) is 0 Å². The molecule has 1 aromatic heterocycles. The van der Waals surface area contributed by atoms with Gasteiger partial charge >= 0.3 is 0 Å². The van der Waals surface area contributed by atoms with Crippen molar-refractivity contribution in [2.24, 2.45) is 0 Å². The Morgan fingerprint density at radius 3 is 2.58 bits per heavy atom. The molecular formula is C13H10Cl2O3S. The summed E-state index contributed by atoms with van der Waals surface area (Å²) < 4.78 is 29.3. The molecule has 0 aliphatic carbocycles. The fourth-order valence-corrected chi connectivity index (χ4v) is 3.40. The Hall–Kier alpha value is -1.23. The number of benzene rings is 1. The highest BCUT2D eigenvalue weighted by molar-refractivity contribution is 7.99. The monoisotopic (exact) mass is 316 g/mol. The molecule has 3 nitrogen and oxygen atoms in total. The van der Waals surface area contributed by atoms with Gasteiger partial charge in [0.1, 0.15) is 0 Å². The van der Waals surface area contributed by atoms with Gasteiger partial charge in [-0.15, -0.1) is 0 Å². The third-order valence-corrected chi connectivity index (χ3v) is 4.84. The molecule has 1 aromatic carbocycles. The van der Waals surface area contributed by atoms with E-state index in [4.69, 9.17) is 27.6 Å². The second-order valence-electron chi connectivity index (χ2n) is 3.93. The minimum Gasteiger partial charge on any atom is -0.472 e. The normalized spacial score (nSPS) is 11.5. The van der Waals surface area contributed by atoms with E-state index in [2.05, 4.69) is 6.58 Å². The lowest BCUT2D eigenvalue weighted by molar-refractivity contribution is 0.566. The smallest absolute Gasteiger partial charge is 0.182 e. The summed E-state index contributed by atoms with van der Waals surface area (Å²) in [5.41, 5.74) is 0.917. The first-order chi connectivity index (χ1) is 8.90. The van der Waals surface area contributed by atoms with Gasteiger partial charge in [0.15, 0.2) is 9.84 Å². The van der Waals surface area contributed by atoms with Crippen LogP contribution in [0.4, 0.5) is 0 Å². The third kappa shape index (κ3) is 3.21. The number of furan rings is 1. The van der Waals surface area contributed by atoms with E-state index in [1.807, 2.05) is 0 Å². The number of rotatable bonds is 4. The van der Waals surface area contributed by atoms with Gasteiger partial charge in [-0.1, -0.05) is 35.8 Å². The van der Waals surface area contributed by atoms with Gasteiger partial charge < -0.3 is 4.42 Å². The first kappa shape index (κ1) is 14.2. The van der Waals surface area contributed by atoms with Crippen LogP contribution in [0.25, 0.3) is 4.91 Å². The summed E-state index contributed by atoms with van der Waals surface area (Å²) in [6.07, 6.45) is 2.73. The molecule has 2 rings (SSSR count). The lowest BCUT2D eigenvalue weighted by Crippen LogP contribution is -2.06. The van der Waals surface area contributed by atoms with E-state index < -0.39 is 9.84 Å². The van der Waals surface area contributed by atoms with Crippen LogP contribution in [-0.4, -0.2) is 8.42 Å². The van der Waals surface area contributed by atoms with Crippen molar-refractivity contribution in [3.63, 3.8) is 0 Å². The Kier molecular flexibility index (Phi) is 4.04. The van der Waals surface area contributed by atoms with Crippen molar-refractivity contribution in [2.45, 2.75) is 5.75 Å². The summed E-state index contributed by atoms with van der Waals surface area (Å²) in [5.74, 6) is -0.229. The van der Waals surface area contributed by atoms with Crippen molar-refractivity contribution in [3.8, 4) is 0 Å². The molecule has 0 radical (unpaired) electrons. The number of sulfone groups is 1. The lowest BCUT2D eigenvalue weighted by Gasteiger charge is -2.07. The Balaban J connectivity index is 2.29. The summed E-state index contributed by atoms with van der Waals surface area (Å²) in [7, 11) is -3.55. The predicted octanol–water partition coefficient (Wildman–Crippen LogP) is 4.17. The maximum atomic E-state index is 12.2. The van der Waals surface area contributed by atoms with Gasteiger partial charge in [0, 0.05) is 15.6 Å². The lowest BCUT2D eigenvalue weighted by atomic mass is 10.2. The summed E-state index contributed by atoms with van der Waals surface area (Å²) >= 11 is 11.7. The molecule has 0 saturated carbocycles. The van der Waals surface area contributed by atoms with Gasteiger partial charge in [-0.05, 0) is 23.8 Å². The van der Waals surface area contributed by atoms with Crippen molar-refractivity contribution in [2.75, 3.05) is 0 Å². The molecule has 0 aliphatic rings. The quantitative estimate of drug-likeness (QED) is 0.850. The molecule has 0 amide bonds. The fourth-order valence-electron chi connectivity index (χ4n) is 1.53. The molecule has 0 unspecified atom stereocenters. The van der Waals surface area contributed by atoms with Gasteiger partial charge in [-0.3, -0.25) is 0 Å². The number of hydrogen-bond donors (Lipinski definition) is 0. The Morgan fingerprint density at radius 2 is 2.00 bits per heavy atom. The van der Waals surface area contributed by atoms with Gasteiger partial charge in [0.05, 0.1) is 23.2 Å². The minimum absolute atomic E-state index is 0.00673. The van der Waals surface area contributed by atoms with Crippen LogP contribution in [0.3, 0.4) is 0 Å².